The Morgan fingerprint density at radius 2 is 1.78 bits per heavy atom. The van der Waals surface area contributed by atoms with Gasteiger partial charge in [0.2, 0.25) is 5.91 Å². The molecule has 0 spiro atoms. The number of amides is 2. The van der Waals surface area contributed by atoms with Crippen molar-refractivity contribution in [2.45, 2.75) is 48.3 Å². The quantitative estimate of drug-likeness (QED) is 0.544. The molecule has 0 bridgehead atoms. The van der Waals surface area contributed by atoms with E-state index in [0.717, 1.165) is 18.4 Å². The Labute approximate surface area is 208 Å². The zero-order valence-corrected chi connectivity index (χ0v) is 20.2. The average molecular weight is 549 g/mol. The molecule has 2 amide bonds. The molecule has 0 radical (unpaired) electrons. The summed E-state index contributed by atoms with van der Waals surface area (Å²) in [7, 11) is -3.70. The van der Waals surface area contributed by atoms with E-state index < -0.39 is 70.2 Å². The van der Waals surface area contributed by atoms with Gasteiger partial charge in [0.25, 0.3) is 11.8 Å². The van der Waals surface area contributed by atoms with Gasteiger partial charge in [0.05, 0.1) is 23.0 Å². The van der Waals surface area contributed by atoms with Crippen molar-refractivity contribution in [2.75, 3.05) is 12.8 Å². The van der Waals surface area contributed by atoms with E-state index in [4.69, 9.17) is 0 Å². The Kier molecular flexibility index (Phi) is 6.80. The molecule has 1 aliphatic carbocycles. The first kappa shape index (κ1) is 27.0. The fourth-order valence-electron chi connectivity index (χ4n) is 4.37. The van der Waals surface area contributed by atoms with Crippen LogP contribution in [0, 0.1) is 11.7 Å². The van der Waals surface area contributed by atoms with Gasteiger partial charge >= 0.3 is 6.18 Å². The third-order valence-electron chi connectivity index (χ3n) is 6.40. The third kappa shape index (κ3) is 5.91. The van der Waals surface area contributed by atoms with Crippen molar-refractivity contribution >= 4 is 21.7 Å². The summed E-state index contributed by atoms with van der Waals surface area (Å²) < 4.78 is 106. The van der Waals surface area contributed by atoms with Gasteiger partial charge in [0.15, 0.2) is 9.84 Å². The van der Waals surface area contributed by atoms with Crippen LogP contribution in [-0.2, 0) is 20.8 Å². The summed E-state index contributed by atoms with van der Waals surface area (Å²) in [6.07, 6.45) is -3.82. The molecule has 1 unspecified atom stereocenters. The number of alkyl halides is 5. The molecule has 13 heteroatoms. The molecule has 2 aromatic rings. The number of hydrogen-bond donors (Lipinski definition) is 1. The standard InChI is InChI=1S/C24H22F6N2O4S/c1-37(35,36)16-4-2-3-14(9-16)22(34)32-12-23(26,27)11-19(32)21(33)31-20(13-5-6-13)17-8-7-15(10-18(17)25)24(28,29)30/h2-4,7-10,13,19-20H,5-6,11-12H2,1H3,(H,31,33)/t19-,20?/m1/s1. The number of carbonyl (C=O) groups is 2. The Balaban J connectivity index is 1.60. The number of likely N-dealkylation sites (tertiary alicyclic amines) is 1. The molecular formula is C24H22F6N2O4S. The number of rotatable bonds is 6. The second kappa shape index (κ2) is 9.34. The van der Waals surface area contributed by atoms with Crippen molar-refractivity contribution in [3.05, 3.63) is 65.0 Å². The van der Waals surface area contributed by atoms with Gasteiger partial charge in [-0.25, -0.2) is 21.6 Å². The predicted octanol–water partition coefficient (Wildman–Crippen LogP) is 4.37. The fourth-order valence-corrected chi connectivity index (χ4v) is 5.04. The van der Waals surface area contributed by atoms with Gasteiger partial charge < -0.3 is 10.2 Å². The van der Waals surface area contributed by atoms with Crippen LogP contribution in [0.3, 0.4) is 0 Å². The molecule has 1 N–H and O–H groups in total. The molecule has 2 fully saturated rings. The molecule has 200 valence electrons. The van der Waals surface area contributed by atoms with E-state index in [0.29, 0.717) is 29.9 Å². The lowest BCUT2D eigenvalue weighted by atomic mass is 9.99. The second-order valence-corrected chi connectivity index (χ2v) is 11.4. The first-order chi connectivity index (χ1) is 17.1. The van der Waals surface area contributed by atoms with Crippen LogP contribution in [0.4, 0.5) is 26.3 Å². The van der Waals surface area contributed by atoms with Crippen LogP contribution < -0.4 is 5.32 Å². The Morgan fingerprint density at radius 3 is 2.35 bits per heavy atom. The van der Waals surface area contributed by atoms with Crippen molar-refractivity contribution in [2.24, 2.45) is 5.92 Å². The van der Waals surface area contributed by atoms with Gasteiger partial charge in [-0.1, -0.05) is 12.1 Å². The Bertz CT molecular complexity index is 1340. The van der Waals surface area contributed by atoms with Gasteiger partial charge in [0, 0.05) is 23.8 Å². The number of nitrogens with one attached hydrogen (secondary N) is 1. The first-order valence-electron chi connectivity index (χ1n) is 11.2. The van der Waals surface area contributed by atoms with Crippen LogP contribution in [0.1, 0.15) is 46.8 Å². The first-order valence-corrected chi connectivity index (χ1v) is 13.1. The van der Waals surface area contributed by atoms with Crippen LogP contribution >= 0.6 is 0 Å². The molecule has 1 saturated carbocycles. The van der Waals surface area contributed by atoms with Gasteiger partial charge in [-0.05, 0) is 49.1 Å². The van der Waals surface area contributed by atoms with Crippen LogP contribution in [0.25, 0.3) is 0 Å². The molecule has 6 nitrogen and oxygen atoms in total. The second-order valence-electron chi connectivity index (χ2n) is 9.37. The Morgan fingerprint density at radius 1 is 1.11 bits per heavy atom. The summed E-state index contributed by atoms with van der Waals surface area (Å²) in [5.74, 6) is -6.95. The minimum Gasteiger partial charge on any atom is -0.347 e. The highest BCUT2D eigenvalue weighted by atomic mass is 32.2. The lowest BCUT2D eigenvalue weighted by Gasteiger charge is -2.27. The van der Waals surface area contributed by atoms with Gasteiger partial charge in [-0.3, -0.25) is 9.59 Å². The summed E-state index contributed by atoms with van der Waals surface area (Å²) in [5, 5.41) is 2.46. The zero-order chi connectivity index (χ0) is 27.3. The summed E-state index contributed by atoms with van der Waals surface area (Å²) >= 11 is 0. The van der Waals surface area contributed by atoms with Gasteiger partial charge in [-0.15, -0.1) is 0 Å². The van der Waals surface area contributed by atoms with Crippen molar-refractivity contribution in [3.63, 3.8) is 0 Å². The van der Waals surface area contributed by atoms with E-state index in [1.54, 1.807) is 0 Å². The maximum absolute atomic E-state index is 14.6. The third-order valence-corrected chi connectivity index (χ3v) is 7.51. The Hall–Kier alpha value is -3.09. The van der Waals surface area contributed by atoms with Crippen LogP contribution in [-0.4, -0.2) is 49.9 Å². The molecule has 4 rings (SSSR count). The summed E-state index contributed by atoms with van der Waals surface area (Å²) in [6.45, 7) is -1.10. The molecule has 1 heterocycles. The average Bonchev–Trinajstić information content (AvgIpc) is 3.58. The zero-order valence-electron chi connectivity index (χ0n) is 19.4. The highest BCUT2D eigenvalue weighted by molar-refractivity contribution is 7.90. The lowest BCUT2D eigenvalue weighted by Crippen LogP contribution is -2.47. The van der Waals surface area contributed by atoms with E-state index in [9.17, 15) is 44.3 Å². The highest BCUT2D eigenvalue weighted by Crippen LogP contribution is 2.43. The van der Waals surface area contributed by atoms with Crippen molar-refractivity contribution in [1.82, 2.24) is 10.2 Å². The van der Waals surface area contributed by atoms with E-state index in [2.05, 4.69) is 5.32 Å². The fraction of sp³-hybridized carbons (Fsp3) is 0.417. The van der Waals surface area contributed by atoms with Crippen molar-refractivity contribution in [3.8, 4) is 0 Å². The summed E-state index contributed by atoms with van der Waals surface area (Å²) in [4.78, 5) is 26.6. The molecule has 1 aliphatic heterocycles. The normalized spacial score (nSPS) is 20.5. The molecular weight excluding hydrogens is 526 g/mol. The van der Waals surface area contributed by atoms with E-state index in [1.807, 2.05) is 0 Å². The lowest BCUT2D eigenvalue weighted by molar-refractivity contribution is -0.137. The van der Waals surface area contributed by atoms with Crippen LogP contribution in [0.5, 0.6) is 0 Å². The van der Waals surface area contributed by atoms with Gasteiger partial charge in [-0.2, -0.15) is 13.2 Å². The van der Waals surface area contributed by atoms with Crippen molar-refractivity contribution < 1.29 is 44.3 Å². The number of sulfone groups is 1. The predicted molar refractivity (Wildman–Crippen MR) is 119 cm³/mol. The summed E-state index contributed by atoms with van der Waals surface area (Å²) in [5.41, 5.74) is -1.64. The van der Waals surface area contributed by atoms with E-state index >= 15 is 0 Å². The number of nitrogens with zero attached hydrogens (tertiary/aromatic N) is 1. The summed E-state index contributed by atoms with van der Waals surface area (Å²) in [6, 6.07) is 3.90. The van der Waals surface area contributed by atoms with Gasteiger partial charge in [0.1, 0.15) is 11.9 Å². The maximum Gasteiger partial charge on any atom is 0.416 e. The highest BCUT2D eigenvalue weighted by Gasteiger charge is 2.51. The SMILES string of the molecule is CS(=O)(=O)c1cccc(C(=O)N2CC(F)(F)C[C@@H]2C(=O)NC(c2ccc(C(F)(F)F)cc2F)C2CC2)c1. The topological polar surface area (TPSA) is 83.6 Å². The maximum atomic E-state index is 14.6. The minimum absolute atomic E-state index is 0.211. The molecule has 37 heavy (non-hydrogen) atoms. The number of benzene rings is 2. The molecule has 2 aromatic carbocycles. The van der Waals surface area contributed by atoms with Crippen molar-refractivity contribution in [1.29, 1.82) is 0 Å². The number of hydrogen-bond acceptors (Lipinski definition) is 4. The number of carbonyl (C=O) groups excluding carboxylic acids is 2. The van der Waals surface area contributed by atoms with E-state index in [1.165, 1.54) is 18.2 Å². The largest absolute Gasteiger partial charge is 0.416 e. The van der Waals surface area contributed by atoms with Crippen LogP contribution in [0.15, 0.2) is 47.4 Å². The van der Waals surface area contributed by atoms with E-state index in [-0.39, 0.29) is 21.9 Å². The molecule has 2 aliphatic rings. The molecule has 0 aromatic heterocycles. The van der Waals surface area contributed by atoms with Crippen LogP contribution in [0.2, 0.25) is 0 Å². The smallest absolute Gasteiger partial charge is 0.347 e. The number of halogens is 6. The minimum atomic E-state index is -4.78. The molecule has 1 saturated heterocycles. The monoisotopic (exact) mass is 548 g/mol. The molecule has 2 atom stereocenters.